The molecule has 1 rings (SSSR count). The Morgan fingerprint density at radius 3 is 2.43 bits per heavy atom. The van der Waals surface area contributed by atoms with E-state index in [2.05, 4.69) is 0 Å². The molecule has 1 N–H and O–H groups in total. The van der Waals surface area contributed by atoms with E-state index in [1.54, 1.807) is 0 Å². The summed E-state index contributed by atoms with van der Waals surface area (Å²) in [7, 11) is 0. The number of hydrogen-bond acceptors (Lipinski definition) is 2. The highest BCUT2D eigenvalue weighted by atomic mass is 35.5. The Hall–Kier alpha value is -1.22. The van der Waals surface area contributed by atoms with Crippen LogP contribution < -0.4 is 4.74 Å². The molecule has 4 heteroatoms. The molecule has 0 saturated heterocycles. The van der Waals surface area contributed by atoms with E-state index >= 15 is 0 Å². The quantitative estimate of drug-likeness (QED) is 0.848. The number of carbonyl (C=O) groups is 1. The minimum atomic E-state index is -1.67. The Labute approximate surface area is 92.9 Å². The maximum atomic E-state index is 10.9. The summed E-state index contributed by atoms with van der Waals surface area (Å²) >= 11 is 5.61. The Balaban J connectivity index is 3.39. The first kappa shape index (κ1) is 6.30. The van der Waals surface area contributed by atoms with Crippen molar-refractivity contribution in [2.24, 2.45) is 0 Å². The van der Waals surface area contributed by atoms with Gasteiger partial charge in [-0.05, 0) is 38.0 Å². The summed E-state index contributed by atoms with van der Waals surface area (Å²) in [6.45, 7) is 2.49. The third-order valence-corrected chi connectivity index (χ3v) is 1.63. The number of halogens is 1. The minimum absolute atomic E-state index is 0.328. The molecular weight excluding hydrogens is 204 g/mol. The van der Waals surface area contributed by atoms with Crippen LogP contribution in [0.15, 0.2) is 24.2 Å². The summed E-state index contributed by atoms with van der Waals surface area (Å²) < 4.78 is 35.2. The van der Waals surface area contributed by atoms with Crippen LogP contribution in [0, 0.1) is 0 Å². The number of ether oxygens (including phenoxy) is 1. The van der Waals surface area contributed by atoms with E-state index in [1.807, 2.05) is 0 Å². The van der Waals surface area contributed by atoms with Crippen LogP contribution in [-0.4, -0.2) is 16.7 Å². The number of carboxylic acid groups (broad SMARTS) is 1. The molecule has 14 heavy (non-hydrogen) atoms. The zero-order valence-corrected chi connectivity index (χ0v) is 8.40. The van der Waals surface area contributed by atoms with Crippen LogP contribution in [0.3, 0.4) is 0 Å². The smallest absolute Gasteiger partial charge is 0.347 e. The van der Waals surface area contributed by atoms with Crippen molar-refractivity contribution >= 4 is 17.6 Å². The van der Waals surface area contributed by atoms with E-state index in [-0.39, 0.29) is 5.02 Å². The summed E-state index contributed by atoms with van der Waals surface area (Å²) in [5.41, 5.74) is -1.67. The molecular formula is C10H11ClO3. The van der Waals surface area contributed by atoms with E-state index in [0.29, 0.717) is 0 Å². The van der Waals surface area contributed by atoms with Gasteiger partial charge < -0.3 is 9.84 Å². The lowest BCUT2D eigenvalue weighted by atomic mass is 10.1. The Morgan fingerprint density at radius 1 is 1.50 bits per heavy atom. The second-order valence-electron chi connectivity index (χ2n) is 3.06. The fourth-order valence-electron chi connectivity index (χ4n) is 0.636. The van der Waals surface area contributed by atoms with Crippen LogP contribution in [0.2, 0.25) is 5.02 Å². The number of aliphatic carboxylic acids is 1. The monoisotopic (exact) mass is 218 g/mol. The standard InChI is InChI=1S/C10H11ClO3/c1-10(2,9(12)13)14-8-5-3-7(11)4-6-8/h3-6H,1-2H3,(H,12,13)/i3D,4D,5D,6D. The van der Waals surface area contributed by atoms with E-state index in [0.717, 1.165) is 0 Å². The SMILES string of the molecule is [2H]c1c([2H])c(OC(C)(C)C(=O)O)c([2H])c([2H])c1Cl. The number of carboxylic acids is 1. The van der Waals surface area contributed by atoms with Crippen molar-refractivity contribution < 1.29 is 20.1 Å². The molecule has 0 aromatic heterocycles. The minimum Gasteiger partial charge on any atom is -0.478 e. The Morgan fingerprint density at radius 2 is 2.00 bits per heavy atom. The predicted molar refractivity (Wildman–Crippen MR) is 53.8 cm³/mol. The lowest BCUT2D eigenvalue weighted by Crippen LogP contribution is -2.37. The number of rotatable bonds is 3. The van der Waals surface area contributed by atoms with Gasteiger partial charge in [0.05, 0.1) is 5.48 Å². The number of hydrogen-bond donors (Lipinski definition) is 1. The molecule has 0 saturated carbocycles. The van der Waals surface area contributed by atoms with Crippen molar-refractivity contribution in [3.8, 4) is 5.75 Å². The van der Waals surface area contributed by atoms with Gasteiger partial charge in [0.2, 0.25) is 0 Å². The molecule has 0 amide bonds. The summed E-state index contributed by atoms with van der Waals surface area (Å²) in [4.78, 5) is 10.9. The lowest BCUT2D eigenvalue weighted by Gasteiger charge is -2.21. The maximum absolute atomic E-state index is 10.9. The molecule has 0 radical (unpaired) electrons. The largest absolute Gasteiger partial charge is 0.478 e. The first-order valence-corrected chi connectivity index (χ1v) is 4.15. The molecule has 0 aliphatic rings. The molecule has 0 atom stereocenters. The van der Waals surface area contributed by atoms with Gasteiger partial charge in [-0.25, -0.2) is 4.79 Å². The van der Waals surface area contributed by atoms with Crippen LogP contribution in [-0.2, 0) is 4.79 Å². The Kier molecular flexibility index (Phi) is 1.75. The zero-order chi connectivity index (χ0) is 14.2. The molecule has 1 aromatic rings. The van der Waals surface area contributed by atoms with Crippen LogP contribution in [0.4, 0.5) is 0 Å². The third kappa shape index (κ3) is 2.64. The highest BCUT2D eigenvalue weighted by Crippen LogP contribution is 2.20. The van der Waals surface area contributed by atoms with Gasteiger partial charge >= 0.3 is 5.97 Å². The summed E-state index contributed by atoms with van der Waals surface area (Å²) in [6.07, 6.45) is 0. The third-order valence-electron chi connectivity index (χ3n) is 1.44. The van der Waals surface area contributed by atoms with E-state index in [9.17, 15) is 4.79 Å². The first-order valence-electron chi connectivity index (χ1n) is 5.77. The van der Waals surface area contributed by atoms with Gasteiger partial charge in [0.15, 0.2) is 5.60 Å². The average molecular weight is 219 g/mol. The fraction of sp³-hybridized carbons (Fsp3) is 0.300. The highest BCUT2D eigenvalue weighted by molar-refractivity contribution is 6.30. The second kappa shape index (κ2) is 3.88. The van der Waals surface area contributed by atoms with Crippen molar-refractivity contribution in [3.05, 3.63) is 29.2 Å². The Bertz CT molecular complexity index is 487. The fourth-order valence-corrected chi connectivity index (χ4v) is 0.730. The highest BCUT2D eigenvalue weighted by Gasteiger charge is 2.29. The van der Waals surface area contributed by atoms with E-state index < -0.39 is 41.5 Å². The van der Waals surface area contributed by atoms with Crippen molar-refractivity contribution in [2.75, 3.05) is 0 Å². The van der Waals surface area contributed by atoms with Crippen molar-refractivity contribution in [2.45, 2.75) is 19.4 Å². The molecule has 0 fully saturated rings. The van der Waals surface area contributed by atoms with Gasteiger partial charge in [-0.3, -0.25) is 0 Å². The number of benzene rings is 1. The molecule has 1 aromatic carbocycles. The normalized spacial score (nSPS) is 15.1. The zero-order valence-electron chi connectivity index (χ0n) is 11.6. The average Bonchev–Trinajstić information content (AvgIpc) is 2.29. The van der Waals surface area contributed by atoms with Crippen molar-refractivity contribution in [1.82, 2.24) is 0 Å². The molecule has 0 heterocycles. The summed E-state index contributed by atoms with van der Waals surface area (Å²) in [5, 5.41) is 8.58. The van der Waals surface area contributed by atoms with Crippen LogP contribution in [0.5, 0.6) is 5.75 Å². The van der Waals surface area contributed by atoms with E-state index in [4.69, 9.17) is 26.9 Å². The lowest BCUT2D eigenvalue weighted by molar-refractivity contribution is -0.152. The molecule has 0 unspecified atom stereocenters. The second-order valence-corrected chi connectivity index (χ2v) is 3.44. The molecule has 0 spiro atoms. The molecule has 0 aliphatic carbocycles. The van der Waals surface area contributed by atoms with Crippen LogP contribution in [0.25, 0.3) is 0 Å². The van der Waals surface area contributed by atoms with Gasteiger partial charge in [-0.15, -0.1) is 0 Å². The van der Waals surface area contributed by atoms with Crippen LogP contribution >= 0.6 is 11.6 Å². The van der Waals surface area contributed by atoms with E-state index in [1.165, 1.54) is 13.8 Å². The van der Waals surface area contributed by atoms with Crippen molar-refractivity contribution in [3.63, 3.8) is 0 Å². The molecule has 0 aliphatic heterocycles. The molecule has 0 bridgehead atoms. The van der Waals surface area contributed by atoms with Crippen LogP contribution in [0.1, 0.15) is 19.3 Å². The van der Waals surface area contributed by atoms with Crippen molar-refractivity contribution in [1.29, 1.82) is 0 Å². The van der Waals surface area contributed by atoms with Gasteiger partial charge in [0.1, 0.15) is 5.75 Å². The summed E-state index contributed by atoms with van der Waals surface area (Å²) in [5.74, 6) is -1.71. The maximum Gasteiger partial charge on any atom is 0.347 e. The van der Waals surface area contributed by atoms with Gasteiger partial charge in [-0.1, -0.05) is 11.6 Å². The van der Waals surface area contributed by atoms with Gasteiger partial charge in [-0.2, -0.15) is 0 Å². The topological polar surface area (TPSA) is 46.5 Å². The molecule has 76 valence electrons. The summed E-state index contributed by atoms with van der Waals surface area (Å²) in [6, 6.07) is -1.94. The van der Waals surface area contributed by atoms with Gasteiger partial charge in [0.25, 0.3) is 0 Å². The first-order chi connectivity index (χ1) is 8.09. The van der Waals surface area contributed by atoms with Gasteiger partial charge in [0, 0.05) is 5.02 Å². The molecule has 3 nitrogen and oxygen atoms in total. The predicted octanol–water partition coefficient (Wildman–Crippen LogP) is 2.58.